The molecule has 0 aliphatic carbocycles. The van der Waals surface area contributed by atoms with Crippen LogP contribution in [0.5, 0.6) is 0 Å². The molecule has 4 heteroatoms. The molecule has 1 rings (SSSR count). The zero-order valence-electron chi connectivity index (χ0n) is 8.79. The van der Waals surface area contributed by atoms with E-state index in [2.05, 4.69) is 28.7 Å². The molecule has 1 saturated heterocycles. The molecule has 3 nitrogen and oxygen atoms in total. The van der Waals surface area contributed by atoms with Gasteiger partial charge in [0.05, 0.1) is 0 Å². The lowest BCUT2D eigenvalue weighted by atomic mass is 10.0. The molecule has 0 aromatic heterocycles. The lowest BCUT2D eigenvalue weighted by Crippen LogP contribution is -2.50. The first kappa shape index (κ1) is 11.8. The molecule has 0 spiro atoms. The van der Waals surface area contributed by atoms with E-state index in [1.54, 1.807) is 4.90 Å². The van der Waals surface area contributed by atoms with Gasteiger partial charge in [-0.3, -0.25) is 0 Å². The second-order valence-electron chi connectivity index (χ2n) is 4.46. The minimum absolute atomic E-state index is 0.199. The average Bonchev–Trinajstić information content (AvgIpc) is 1.91. The van der Waals surface area contributed by atoms with Crippen LogP contribution in [-0.2, 0) is 4.74 Å². The van der Waals surface area contributed by atoms with Gasteiger partial charge in [-0.2, -0.15) is 0 Å². The largest absolute Gasteiger partial charge is 0.444 e. The van der Waals surface area contributed by atoms with Crippen molar-refractivity contribution >= 4 is 28.7 Å². The van der Waals surface area contributed by atoms with Crippen LogP contribution in [0.1, 0.15) is 20.8 Å². The van der Waals surface area contributed by atoms with Crippen molar-refractivity contribution in [1.29, 1.82) is 0 Å². The van der Waals surface area contributed by atoms with Crippen LogP contribution in [0.25, 0.3) is 0 Å². The van der Waals surface area contributed by atoms with E-state index in [4.69, 9.17) is 4.74 Å². The first-order valence-electron chi connectivity index (χ1n) is 4.67. The monoisotopic (exact) mass is 309 g/mol. The first-order valence-corrected chi connectivity index (χ1v) is 5.92. The number of nitrogens with zero attached hydrogens (tertiary/aromatic N) is 1. The second-order valence-corrected chi connectivity index (χ2v) is 5.18. The van der Waals surface area contributed by atoms with Gasteiger partial charge in [0, 0.05) is 19.0 Å². The Morgan fingerprint density at radius 3 is 2.50 bits per heavy atom. The molecule has 14 heavy (non-hydrogen) atoms. The molecule has 0 bridgehead atoms. The van der Waals surface area contributed by atoms with Crippen molar-refractivity contribution in [2.24, 2.45) is 5.92 Å². The third-order valence-corrected chi connectivity index (χ3v) is 2.32. The van der Waals surface area contributed by atoms with Gasteiger partial charge in [-0.1, -0.05) is 28.7 Å². The fraction of sp³-hybridized carbons (Fsp3) is 0.700. The number of rotatable bonds is 1. The van der Waals surface area contributed by atoms with E-state index in [0.717, 1.165) is 13.1 Å². The summed E-state index contributed by atoms with van der Waals surface area (Å²) in [6.45, 7) is 7.22. The molecule has 1 heterocycles. The lowest BCUT2D eigenvalue weighted by Gasteiger charge is -2.38. The highest BCUT2D eigenvalue weighted by molar-refractivity contribution is 14.1. The number of amides is 1. The summed E-state index contributed by atoms with van der Waals surface area (Å²) in [7, 11) is 0. The molecule has 0 aromatic carbocycles. The van der Waals surface area contributed by atoms with Crippen LogP contribution in [0.3, 0.4) is 0 Å². The number of hydrogen-bond acceptors (Lipinski definition) is 2. The van der Waals surface area contributed by atoms with Crippen molar-refractivity contribution in [2.75, 3.05) is 13.1 Å². The van der Waals surface area contributed by atoms with Crippen molar-refractivity contribution in [3.8, 4) is 0 Å². The Labute approximate surface area is 98.6 Å². The van der Waals surface area contributed by atoms with Gasteiger partial charge in [-0.15, -0.1) is 0 Å². The SMILES string of the molecule is CC(C)(C)OC(=O)N1CC(/C=C/I)C1. The first-order chi connectivity index (χ1) is 6.42. The molecule has 80 valence electrons. The Hall–Kier alpha value is -0.260. The summed E-state index contributed by atoms with van der Waals surface area (Å²) in [5, 5.41) is 0. The molecule has 0 radical (unpaired) electrons. The molecule has 0 unspecified atom stereocenters. The zero-order chi connectivity index (χ0) is 10.8. The van der Waals surface area contributed by atoms with Crippen molar-refractivity contribution in [3.63, 3.8) is 0 Å². The molecule has 1 fully saturated rings. The predicted octanol–water partition coefficient (Wildman–Crippen LogP) is 2.80. The van der Waals surface area contributed by atoms with E-state index in [1.807, 2.05) is 24.9 Å². The van der Waals surface area contributed by atoms with Crippen LogP contribution in [0.15, 0.2) is 10.2 Å². The van der Waals surface area contributed by atoms with Crippen LogP contribution in [0, 0.1) is 5.92 Å². The standard InChI is InChI=1S/C10H16INO2/c1-10(2,3)14-9(13)12-6-8(7-12)4-5-11/h4-5,8H,6-7H2,1-3H3/b5-4+. The zero-order valence-corrected chi connectivity index (χ0v) is 10.9. The summed E-state index contributed by atoms with van der Waals surface area (Å²) in [5.41, 5.74) is -0.388. The Balaban J connectivity index is 2.30. The number of halogens is 1. The van der Waals surface area contributed by atoms with E-state index < -0.39 is 0 Å². The molecule has 0 aromatic rings. The molecule has 1 aliphatic heterocycles. The van der Waals surface area contributed by atoms with E-state index >= 15 is 0 Å². The van der Waals surface area contributed by atoms with E-state index in [1.165, 1.54) is 0 Å². The normalized spacial score (nSPS) is 18.4. The number of carbonyl (C=O) groups is 1. The Morgan fingerprint density at radius 2 is 2.07 bits per heavy atom. The highest BCUT2D eigenvalue weighted by atomic mass is 127. The summed E-state index contributed by atoms with van der Waals surface area (Å²) in [6, 6.07) is 0. The van der Waals surface area contributed by atoms with Gasteiger partial charge < -0.3 is 9.64 Å². The molecular weight excluding hydrogens is 293 g/mol. The van der Waals surface area contributed by atoms with Crippen LogP contribution >= 0.6 is 22.6 Å². The van der Waals surface area contributed by atoms with E-state index in [-0.39, 0.29) is 11.7 Å². The fourth-order valence-electron chi connectivity index (χ4n) is 1.21. The summed E-state index contributed by atoms with van der Waals surface area (Å²) >= 11 is 2.19. The third-order valence-electron chi connectivity index (χ3n) is 1.91. The highest BCUT2D eigenvalue weighted by Gasteiger charge is 2.31. The summed E-state index contributed by atoms with van der Waals surface area (Å²) < 4.78 is 7.22. The molecule has 1 amide bonds. The van der Waals surface area contributed by atoms with Crippen LogP contribution in [0.2, 0.25) is 0 Å². The van der Waals surface area contributed by atoms with Gasteiger partial charge in [-0.25, -0.2) is 4.79 Å². The predicted molar refractivity (Wildman–Crippen MR) is 64.5 cm³/mol. The smallest absolute Gasteiger partial charge is 0.410 e. The average molecular weight is 309 g/mol. The number of hydrogen-bond donors (Lipinski definition) is 0. The summed E-state index contributed by atoms with van der Waals surface area (Å²) in [5.74, 6) is 0.513. The van der Waals surface area contributed by atoms with E-state index in [0.29, 0.717) is 5.92 Å². The van der Waals surface area contributed by atoms with Crippen molar-refractivity contribution in [2.45, 2.75) is 26.4 Å². The second kappa shape index (κ2) is 4.51. The Morgan fingerprint density at radius 1 is 1.50 bits per heavy atom. The maximum atomic E-state index is 11.5. The quantitative estimate of drug-likeness (QED) is 0.697. The topological polar surface area (TPSA) is 29.5 Å². The highest BCUT2D eigenvalue weighted by Crippen LogP contribution is 2.20. The van der Waals surface area contributed by atoms with Gasteiger partial charge in [-0.05, 0) is 24.9 Å². The molecule has 0 N–H and O–H groups in total. The minimum atomic E-state index is -0.388. The van der Waals surface area contributed by atoms with Gasteiger partial charge in [0.15, 0.2) is 0 Å². The van der Waals surface area contributed by atoms with Gasteiger partial charge >= 0.3 is 6.09 Å². The van der Waals surface area contributed by atoms with Crippen molar-refractivity contribution in [1.82, 2.24) is 4.90 Å². The summed E-state index contributed by atoms with van der Waals surface area (Å²) in [6.07, 6.45) is 1.91. The molecular formula is C10H16INO2. The number of likely N-dealkylation sites (tertiary alicyclic amines) is 1. The molecule has 0 atom stereocenters. The Kier molecular flexibility index (Phi) is 3.80. The van der Waals surface area contributed by atoms with Crippen molar-refractivity contribution < 1.29 is 9.53 Å². The van der Waals surface area contributed by atoms with Crippen LogP contribution in [0.4, 0.5) is 4.79 Å². The summed E-state index contributed by atoms with van der Waals surface area (Å²) in [4.78, 5) is 13.2. The van der Waals surface area contributed by atoms with E-state index in [9.17, 15) is 4.79 Å². The van der Waals surface area contributed by atoms with Gasteiger partial charge in [0.25, 0.3) is 0 Å². The van der Waals surface area contributed by atoms with Crippen LogP contribution < -0.4 is 0 Å². The fourth-order valence-corrected chi connectivity index (χ4v) is 1.80. The third kappa shape index (κ3) is 3.48. The van der Waals surface area contributed by atoms with Gasteiger partial charge in [0.1, 0.15) is 5.60 Å². The lowest BCUT2D eigenvalue weighted by molar-refractivity contribution is 0.00496. The Bertz CT molecular complexity index is 239. The number of carbonyl (C=O) groups excluding carboxylic acids is 1. The molecule has 1 aliphatic rings. The van der Waals surface area contributed by atoms with Gasteiger partial charge in [0.2, 0.25) is 0 Å². The van der Waals surface area contributed by atoms with Crippen LogP contribution in [-0.4, -0.2) is 29.7 Å². The number of ether oxygens (including phenoxy) is 1. The maximum Gasteiger partial charge on any atom is 0.410 e. The molecule has 0 saturated carbocycles. The minimum Gasteiger partial charge on any atom is -0.444 e. The van der Waals surface area contributed by atoms with Crippen molar-refractivity contribution in [3.05, 3.63) is 10.2 Å². The maximum absolute atomic E-state index is 11.5.